The molecule has 0 aromatic carbocycles. The first-order valence-electron chi connectivity index (χ1n) is 13.2. The van der Waals surface area contributed by atoms with Crippen LogP contribution in [0, 0.1) is 50.7 Å². The summed E-state index contributed by atoms with van der Waals surface area (Å²) in [5.41, 5.74) is 0.522. The van der Waals surface area contributed by atoms with Gasteiger partial charge in [0.25, 0.3) is 0 Å². The van der Waals surface area contributed by atoms with Crippen LogP contribution in [0.5, 0.6) is 0 Å². The number of fused-ring (bicyclic) bond motifs is 3. The summed E-state index contributed by atoms with van der Waals surface area (Å²) in [5, 5.41) is 10.1. The Hall–Kier alpha value is -0.700. The minimum Gasteiger partial charge on any atom is -0.396 e. The van der Waals surface area contributed by atoms with Crippen molar-refractivity contribution in [1.29, 1.82) is 0 Å². The van der Waals surface area contributed by atoms with Crippen LogP contribution in [0.1, 0.15) is 100 Å². The summed E-state index contributed by atoms with van der Waals surface area (Å²) in [7, 11) is 0. The summed E-state index contributed by atoms with van der Waals surface area (Å²) in [6, 6.07) is 0. The number of carbonyl (C=O) groups is 1. The van der Waals surface area contributed by atoms with E-state index in [0.717, 1.165) is 44.9 Å². The maximum absolute atomic E-state index is 15.0. The van der Waals surface area contributed by atoms with Gasteiger partial charge in [0, 0.05) is 17.4 Å². The first-order chi connectivity index (χ1) is 14.9. The molecule has 3 aliphatic carbocycles. The zero-order chi connectivity index (χ0) is 24.2. The number of allylic oxidation sites excluding steroid dienone is 2. The smallest absolute Gasteiger partial charge is 0.126 e. The van der Waals surface area contributed by atoms with Crippen molar-refractivity contribution in [3.63, 3.8) is 0 Å². The molecule has 3 rings (SSSR count). The number of aldehydes is 1. The van der Waals surface area contributed by atoms with Gasteiger partial charge in [-0.2, -0.15) is 0 Å². The predicted molar refractivity (Wildman–Crippen MR) is 131 cm³/mol. The fraction of sp³-hybridized carbons (Fsp3) is 0.897. The summed E-state index contributed by atoms with van der Waals surface area (Å²) < 4.78 is 15.0. The lowest BCUT2D eigenvalue weighted by Gasteiger charge is -2.69. The van der Waals surface area contributed by atoms with Gasteiger partial charge < -0.3 is 9.90 Å². The van der Waals surface area contributed by atoms with Crippen LogP contribution in [0.15, 0.2) is 11.6 Å². The number of hydrogen-bond acceptors (Lipinski definition) is 2. The molecule has 8 unspecified atom stereocenters. The van der Waals surface area contributed by atoms with E-state index < -0.39 is 5.41 Å². The standard InChI is InChI=1S/C29H49FO2/c1-9-20(3)24-21-11-12-23-26(6,17-30)22(25(4,5)18-31)13-14-28(23,8)27(21,7)15-16-29(24,10-2)19-32/h11,19-20,22-24,31H,9-10,12-18H2,1-8H3. The Morgan fingerprint density at radius 2 is 1.88 bits per heavy atom. The van der Waals surface area contributed by atoms with Gasteiger partial charge in [-0.05, 0) is 78.4 Å². The summed E-state index contributed by atoms with van der Waals surface area (Å²) >= 11 is 0. The fourth-order valence-electron chi connectivity index (χ4n) is 9.06. The zero-order valence-corrected chi connectivity index (χ0v) is 22.1. The maximum Gasteiger partial charge on any atom is 0.126 e. The highest BCUT2D eigenvalue weighted by molar-refractivity contribution is 5.62. The number of aliphatic hydroxyl groups excluding tert-OH is 1. The SMILES string of the molecule is CCC(C)C1C2=CCC3C(C)(CF)C(C(C)(C)CO)CCC3(C)C2(C)CCC1(C=O)CC. The van der Waals surface area contributed by atoms with Crippen LogP contribution in [-0.4, -0.2) is 24.7 Å². The zero-order valence-electron chi connectivity index (χ0n) is 22.1. The number of rotatable bonds is 7. The summed E-state index contributed by atoms with van der Waals surface area (Å²) in [5.74, 6) is 1.17. The van der Waals surface area contributed by atoms with Crippen molar-refractivity contribution < 1.29 is 14.3 Å². The van der Waals surface area contributed by atoms with Crippen LogP contribution < -0.4 is 0 Å². The average Bonchev–Trinajstić information content (AvgIpc) is 2.78. The van der Waals surface area contributed by atoms with Crippen LogP contribution in [-0.2, 0) is 4.79 Å². The van der Waals surface area contributed by atoms with Crippen molar-refractivity contribution in [3.05, 3.63) is 11.6 Å². The highest BCUT2D eigenvalue weighted by Crippen LogP contribution is 2.73. The molecule has 3 aliphatic rings. The van der Waals surface area contributed by atoms with E-state index in [-0.39, 0.29) is 52.7 Å². The second-order valence-corrected chi connectivity index (χ2v) is 13.1. The highest BCUT2D eigenvalue weighted by Gasteiger charge is 2.66. The van der Waals surface area contributed by atoms with E-state index in [1.807, 2.05) is 0 Å². The number of aliphatic hydroxyl groups is 1. The predicted octanol–water partition coefficient (Wildman–Crippen LogP) is 7.40. The maximum atomic E-state index is 15.0. The van der Waals surface area contributed by atoms with E-state index in [2.05, 4.69) is 61.5 Å². The molecule has 2 saturated carbocycles. The molecule has 0 heterocycles. The van der Waals surface area contributed by atoms with Crippen LogP contribution in [0.4, 0.5) is 4.39 Å². The lowest BCUT2D eigenvalue weighted by molar-refractivity contribution is -0.173. The molecule has 0 radical (unpaired) electrons. The largest absolute Gasteiger partial charge is 0.396 e. The molecule has 0 bridgehead atoms. The van der Waals surface area contributed by atoms with Crippen molar-refractivity contribution >= 4 is 6.29 Å². The van der Waals surface area contributed by atoms with Crippen molar-refractivity contribution in [1.82, 2.24) is 0 Å². The molecule has 0 amide bonds. The van der Waals surface area contributed by atoms with Gasteiger partial charge in [0.1, 0.15) is 6.29 Å². The van der Waals surface area contributed by atoms with E-state index in [1.54, 1.807) is 0 Å². The number of hydrogen-bond donors (Lipinski definition) is 1. The molecule has 0 aromatic rings. The van der Waals surface area contributed by atoms with Crippen molar-refractivity contribution in [2.45, 2.75) is 100 Å². The number of carbonyl (C=O) groups excluding carboxylic acids is 1. The van der Waals surface area contributed by atoms with Crippen molar-refractivity contribution in [2.24, 2.45) is 50.7 Å². The van der Waals surface area contributed by atoms with Crippen molar-refractivity contribution in [3.8, 4) is 0 Å². The average molecular weight is 449 g/mol. The molecule has 184 valence electrons. The molecular weight excluding hydrogens is 399 g/mol. The minimum absolute atomic E-state index is 0.00352. The van der Waals surface area contributed by atoms with Gasteiger partial charge in [0.2, 0.25) is 0 Å². The third-order valence-electron chi connectivity index (χ3n) is 11.6. The monoisotopic (exact) mass is 448 g/mol. The lowest BCUT2D eigenvalue weighted by atomic mass is 9.35. The molecule has 1 N–H and O–H groups in total. The van der Waals surface area contributed by atoms with Crippen LogP contribution >= 0.6 is 0 Å². The molecule has 2 fully saturated rings. The van der Waals surface area contributed by atoms with Gasteiger partial charge in [0.15, 0.2) is 0 Å². The summed E-state index contributed by atoms with van der Waals surface area (Å²) in [6.45, 7) is 17.8. The Balaban J connectivity index is 2.16. The van der Waals surface area contributed by atoms with Gasteiger partial charge in [-0.25, -0.2) is 0 Å². The Kier molecular flexibility index (Phi) is 6.89. The third kappa shape index (κ3) is 3.30. The number of alkyl halides is 1. The Morgan fingerprint density at radius 3 is 2.38 bits per heavy atom. The Bertz CT molecular complexity index is 743. The van der Waals surface area contributed by atoms with Gasteiger partial charge in [-0.1, -0.05) is 73.5 Å². The molecule has 0 aliphatic heterocycles. The minimum atomic E-state index is -0.444. The summed E-state index contributed by atoms with van der Waals surface area (Å²) in [6.07, 6.45) is 10.6. The van der Waals surface area contributed by atoms with E-state index in [1.165, 1.54) is 11.9 Å². The molecule has 0 spiro atoms. The van der Waals surface area contributed by atoms with Crippen molar-refractivity contribution in [2.75, 3.05) is 13.3 Å². The van der Waals surface area contributed by atoms with Crippen LogP contribution in [0.3, 0.4) is 0 Å². The second kappa shape index (κ2) is 8.51. The van der Waals surface area contributed by atoms with Gasteiger partial charge in [-0.3, -0.25) is 4.39 Å². The summed E-state index contributed by atoms with van der Waals surface area (Å²) in [4.78, 5) is 12.5. The third-order valence-corrected chi connectivity index (χ3v) is 11.6. The van der Waals surface area contributed by atoms with E-state index in [9.17, 15) is 9.90 Å². The molecule has 2 nitrogen and oxygen atoms in total. The quantitative estimate of drug-likeness (QED) is 0.325. The normalized spacial score (nSPS) is 45.4. The first-order valence-corrected chi connectivity index (χ1v) is 13.2. The van der Waals surface area contributed by atoms with Gasteiger partial charge >= 0.3 is 0 Å². The second-order valence-electron chi connectivity index (χ2n) is 13.1. The first kappa shape index (κ1) is 25.9. The van der Waals surface area contributed by atoms with Crippen LogP contribution in [0.2, 0.25) is 0 Å². The topological polar surface area (TPSA) is 37.3 Å². The van der Waals surface area contributed by atoms with Gasteiger partial charge in [0.05, 0.1) is 6.67 Å². The van der Waals surface area contributed by atoms with Gasteiger partial charge in [-0.15, -0.1) is 0 Å². The Morgan fingerprint density at radius 1 is 1.22 bits per heavy atom. The molecule has 0 aromatic heterocycles. The van der Waals surface area contributed by atoms with Crippen LogP contribution in [0.25, 0.3) is 0 Å². The van der Waals surface area contributed by atoms with E-state index in [4.69, 9.17) is 0 Å². The Labute approximate surface area is 196 Å². The molecule has 0 saturated heterocycles. The highest BCUT2D eigenvalue weighted by atomic mass is 19.1. The fourth-order valence-corrected chi connectivity index (χ4v) is 9.06. The van der Waals surface area contributed by atoms with E-state index in [0.29, 0.717) is 5.92 Å². The molecule has 32 heavy (non-hydrogen) atoms. The van der Waals surface area contributed by atoms with E-state index >= 15 is 4.39 Å². The number of halogens is 1. The molecule has 3 heteroatoms. The molecule has 8 atom stereocenters. The lowest BCUT2D eigenvalue weighted by Crippen LogP contribution is -2.63. The molecular formula is C29H49FO2.